The van der Waals surface area contributed by atoms with Gasteiger partial charge >= 0.3 is 0 Å². The number of nitrogens with two attached hydrogens (primary N) is 1. The van der Waals surface area contributed by atoms with E-state index in [1.807, 2.05) is 34.5 Å². The Hall–Kier alpha value is -5.27. The molecule has 1 aliphatic carbocycles. The van der Waals surface area contributed by atoms with Crippen LogP contribution in [0.2, 0.25) is 0 Å². The zero-order valence-electron chi connectivity index (χ0n) is 27.6. The summed E-state index contributed by atoms with van der Waals surface area (Å²) in [7, 11) is 0. The van der Waals surface area contributed by atoms with Gasteiger partial charge in [0, 0.05) is 53.8 Å². The minimum absolute atomic E-state index is 0.0762. The van der Waals surface area contributed by atoms with E-state index >= 15 is 0 Å². The minimum Gasteiger partial charge on any atom is -0.494 e. The molecule has 5 N–H and O–H groups in total. The van der Waals surface area contributed by atoms with Crippen LogP contribution in [0, 0.1) is 0 Å². The molecular weight excluding hydrogens is 657 g/mol. The van der Waals surface area contributed by atoms with Gasteiger partial charge in [0.05, 0.1) is 29.5 Å². The monoisotopic (exact) mass is 696 g/mol. The number of benzene rings is 3. The van der Waals surface area contributed by atoms with Gasteiger partial charge in [-0.2, -0.15) is 0 Å². The van der Waals surface area contributed by atoms with Crippen LogP contribution in [0.1, 0.15) is 64.1 Å². The quantitative estimate of drug-likeness (QED) is 0.122. The van der Waals surface area contributed by atoms with Gasteiger partial charge in [-0.15, -0.1) is 11.3 Å². The van der Waals surface area contributed by atoms with Gasteiger partial charge in [0.25, 0.3) is 17.7 Å². The van der Waals surface area contributed by atoms with Gasteiger partial charge in [-0.25, -0.2) is 4.98 Å². The van der Waals surface area contributed by atoms with E-state index < -0.39 is 6.04 Å². The molecule has 50 heavy (non-hydrogen) atoms. The lowest BCUT2D eigenvalue weighted by atomic mass is 10.1. The van der Waals surface area contributed by atoms with E-state index in [2.05, 4.69) is 20.9 Å². The van der Waals surface area contributed by atoms with E-state index in [1.54, 1.807) is 48.0 Å². The predicted molar refractivity (Wildman–Crippen MR) is 190 cm³/mol. The average molecular weight is 697 g/mol. The first kappa shape index (κ1) is 34.6. The number of nitrogens with one attached hydrogen (secondary N) is 3. The molecule has 0 saturated heterocycles. The van der Waals surface area contributed by atoms with Gasteiger partial charge in [0.1, 0.15) is 11.5 Å². The summed E-state index contributed by atoms with van der Waals surface area (Å²) in [5.74, 6) is 0.386. The van der Waals surface area contributed by atoms with Gasteiger partial charge in [-0.3, -0.25) is 19.2 Å². The highest BCUT2D eigenvalue weighted by molar-refractivity contribution is 7.07. The van der Waals surface area contributed by atoms with Crippen LogP contribution in [-0.2, 0) is 22.6 Å². The third-order valence-corrected chi connectivity index (χ3v) is 9.04. The van der Waals surface area contributed by atoms with E-state index in [0.717, 1.165) is 43.4 Å². The Bertz CT molecular complexity index is 1810. The van der Waals surface area contributed by atoms with Crippen molar-refractivity contribution in [2.75, 3.05) is 30.4 Å². The molecule has 0 spiro atoms. The molecule has 2 heterocycles. The lowest BCUT2D eigenvalue weighted by molar-refractivity contribution is -0.122. The summed E-state index contributed by atoms with van der Waals surface area (Å²) in [6, 6.07) is 19.1. The predicted octanol–water partition coefficient (Wildman–Crippen LogP) is 4.77. The largest absolute Gasteiger partial charge is 0.494 e. The number of carbonyl (C=O) groups is 4. The molecule has 4 amide bonds. The van der Waals surface area contributed by atoms with Crippen LogP contribution < -0.4 is 31.2 Å². The van der Waals surface area contributed by atoms with Crippen LogP contribution in [0.5, 0.6) is 11.5 Å². The van der Waals surface area contributed by atoms with Gasteiger partial charge < -0.3 is 36.1 Å². The van der Waals surface area contributed by atoms with Gasteiger partial charge in [-0.05, 0) is 80.1 Å². The lowest BCUT2D eigenvalue weighted by Crippen LogP contribution is -2.42. The first-order valence-electron chi connectivity index (χ1n) is 16.7. The summed E-state index contributed by atoms with van der Waals surface area (Å²) in [4.78, 5) is 56.3. The molecule has 12 nitrogen and oxygen atoms in total. The Morgan fingerprint density at radius 1 is 1.04 bits per heavy atom. The number of rotatable bonds is 16. The number of unbranched alkanes of at least 4 members (excludes halogenated alkanes) is 2. The second-order valence-electron chi connectivity index (χ2n) is 12.4. The van der Waals surface area contributed by atoms with Crippen molar-refractivity contribution >= 4 is 46.3 Å². The number of aromatic nitrogens is 1. The Labute approximate surface area is 294 Å². The van der Waals surface area contributed by atoms with Crippen molar-refractivity contribution in [3.05, 3.63) is 100 Å². The molecule has 3 aromatic carbocycles. The fourth-order valence-corrected chi connectivity index (χ4v) is 6.12. The maximum absolute atomic E-state index is 13.5. The Kier molecular flexibility index (Phi) is 11.4. The highest BCUT2D eigenvalue weighted by atomic mass is 32.1. The van der Waals surface area contributed by atoms with E-state index in [9.17, 15) is 19.2 Å². The lowest BCUT2D eigenvalue weighted by Gasteiger charge is -2.24. The summed E-state index contributed by atoms with van der Waals surface area (Å²) in [5.41, 5.74) is 11.6. The molecule has 13 heteroatoms. The van der Waals surface area contributed by atoms with E-state index in [0.29, 0.717) is 60.1 Å². The molecular formula is C37H40N6O6S. The smallest absolute Gasteiger partial charge is 0.262 e. The maximum atomic E-state index is 13.5. The summed E-state index contributed by atoms with van der Waals surface area (Å²) in [6.07, 6.45) is 4.82. The van der Waals surface area contributed by atoms with Gasteiger partial charge in [0.15, 0.2) is 6.61 Å². The van der Waals surface area contributed by atoms with Gasteiger partial charge in [-0.1, -0.05) is 18.2 Å². The van der Waals surface area contributed by atoms with Crippen molar-refractivity contribution in [1.29, 1.82) is 0 Å². The average Bonchev–Trinajstić information content (AvgIpc) is 3.84. The molecule has 1 saturated carbocycles. The zero-order valence-corrected chi connectivity index (χ0v) is 28.4. The Morgan fingerprint density at radius 3 is 2.64 bits per heavy atom. The van der Waals surface area contributed by atoms with Crippen LogP contribution in [0.3, 0.4) is 0 Å². The SMILES string of the molecule is N[C@@H](Cc1cscn1)C(=O)NCCCCCOc1cccc(NC(=O)c2ccc(CN(C(=O)c3ccc4c(c3)OCC(=O)N4)C3CC3)cc2)c1. The molecule has 260 valence electrons. The van der Waals surface area contributed by atoms with Crippen LogP contribution >= 0.6 is 11.3 Å². The van der Waals surface area contributed by atoms with Crippen molar-refractivity contribution in [1.82, 2.24) is 15.2 Å². The Morgan fingerprint density at radius 2 is 1.86 bits per heavy atom. The molecule has 0 unspecified atom stereocenters. The maximum Gasteiger partial charge on any atom is 0.262 e. The number of fused-ring (bicyclic) bond motifs is 1. The van der Waals surface area contributed by atoms with E-state index in [1.165, 1.54) is 11.3 Å². The van der Waals surface area contributed by atoms with Crippen molar-refractivity contribution in [2.45, 2.75) is 57.2 Å². The number of anilines is 2. The number of nitrogens with zero attached hydrogens (tertiary/aromatic N) is 2. The van der Waals surface area contributed by atoms with Crippen LogP contribution in [0.15, 0.2) is 77.6 Å². The molecule has 1 atom stereocenters. The second-order valence-corrected chi connectivity index (χ2v) is 13.1. The number of carbonyl (C=O) groups excluding carboxylic acids is 4. The summed E-state index contributed by atoms with van der Waals surface area (Å²) in [6.45, 7) is 1.40. The molecule has 1 aliphatic heterocycles. The standard InChI is InChI=1S/C37H40N6O6S/c38-31(19-28-22-50-23-40-28)36(46)39-15-2-1-3-16-48-30-6-4-5-27(18-30)41-35(45)25-9-7-24(8-10-25)20-43(29-12-13-29)37(47)26-11-14-32-33(17-26)49-21-34(44)42-32/h4-11,14,17-18,22-23,29,31H,1-3,12-13,15-16,19-21,38H2,(H,39,46)(H,41,45)(H,42,44)/t31-/m0/s1. The molecule has 0 radical (unpaired) electrons. The molecule has 1 fully saturated rings. The van der Waals surface area contributed by atoms with Crippen LogP contribution in [0.25, 0.3) is 0 Å². The number of thiazole rings is 1. The third kappa shape index (κ3) is 9.45. The normalized spacial score (nSPS) is 14.1. The van der Waals surface area contributed by atoms with Crippen molar-refractivity contribution in [3.63, 3.8) is 0 Å². The van der Waals surface area contributed by atoms with Crippen LogP contribution in [0.4, 0.5) is 11.4 Å². The fourth-order valence-electron chi connectivity index (χ4n) is 5.54. The van der Waals surface area contributed by atoms with Crippen molar-refractivity contribution in [2.24, 2.45) is 5.73 Å². The summed E-state index contributed by atoms with van der Waals surface area (Å²) < 4.78 is 11.4. The topological polar surface area (TPSA) is 165 Å². The zero-order chi connectivity index (χ0) is 34.9. The van der Waals surface area contributed by atoms with E-state index in [4.69, 9.17) is 15.2 Å². The third-order valence-electron chi connectivity index (χ3n) is 8.41. The second kappa shape index (κ2) is 16.4. The number of hydrogen-bond donors (Lipinski definition) is 4. The highest BCUT2D eigenvalue weighted by Crippen LogP contribution is 2.33. The highest BCUT2D eigenvalue weighted by Gasteiger charge is 2.33. The first-order valence-corrected chi connectivity index (χ1v) is 17.7. The number of ether oxygens (including phenoxy) is 2. The van der Waals surface area contributed by atoms with Crippen molar-refractivity contribution in [3.8, 4) is 11.5 Å². The first-order chi connectivity index (χ1) is 24.3. The summed E-state index contributed by atoms with van der Waals surface area (Å²) in [5, 5.41) is 10.5. The van der Waals surface area contributed by atoms with E-state index in [-0.39, 0.29) is 36.3 Å². The minimum atomic E-state index is -0.607. The number of amides is 4. The molecule has 0 bridgehead atoms. The van der Waals surface area contributed by atoms with Crippen LogP contribution in [-0.4, -0.2) is 65.4 Å². The Balaban J connectivity index is 0.927. The summed E-state index contributed by atoms with van der Waals surface area (Å²) >= 11 is 1.48. The molecule has 1 aromatic heterocycles. The molecule has 6 rings (SSSR count). The fraction of sp³-hybridized carbons (Fsp3) is 0.324. The van der Waals surface area contributed by atoms with Gasteiger partial charge in [0.2, 0.25) is 5.91 Å². The number of hydrogen-bond acceptors (Lipinski definition) is 9. The molecule has 4 aromatic rings. The van der Waals surface area contributed by atoms with Crippen molar-refractivity contribution < 1.29 is 28.7 Å². The molecule has 2 aliphatic rings.